The molecule has 2 heterocycles. The van der Waals surface area contributed by atoms with Gasteiger partial charge in [0, 0.05) is 30.4 Å². The number of hydrogen-bond acceptors (Lipinski definition) is 2. The standard InChI is InChI=1S/C17H27N3/c1-12(16-8-13-4-5-14(16)7-13)20-11-19-10-17(20)15-3-2-6-18-9-15/h10-16,18H,2-9H2,1H3. The van der Waals surface area contributed by atoms with Gasteiger partial charge < -0.3 is 9.88 Å². The fourth-order valence-electron chi connectivity index (χ4n) is 5.17. The summed E-state index contributed by atoms with van der Waals surface area (Å²) in [5.41, 5.74) is 1.48. The zero-order chi connectivity index (χ0) is 13.5. The van der Waals surface area contributed by atoms with Crippen molar-refractivity contribution < 1.29 is 0 Å². The molecule has 3 aliphatic rings. The van der Waals surface area contributed by atoms with Crippen molar-refractivity contribution in [1.82, 2.24) is 14.9 Å². The van der Waals surface area contributed by atoms with Gasteiger partial charge in [0.1, 0.15) is 0 Å². The summed E-state index contributed by atoms with van der Waals surface area (Å²) in [6.07, 6.45) is 12.8. The summed E-state index contributed by atoms with van der Waals surface area (Å²) in [7, 11) is 0. The van der Waals surface area contributed by atoms with Crippen LogP contribution in [0.5, 0.6) is 0 Å². The first-order valence-corrected chi connectivity index (χ1v) is 8.55. The highest BCUT2D eigenvalue weighted by molar-refractivity contribution is 5.10. The second-order valence-electron chi connectivity index (χ2n) is 7.35. The van der Waals surface area contributed by atoms with Crippen molar-refractivity contribution in [1.29, 1.82) is 0 Å². The second kappa shape index (κ2) is 5.18. The van der Waals surface area contributed by atoms with Gasteiger partial charge >= 0.3 is 0 Å². The highest BCUT2D eigenvalue weighted by Gasteiger charge is 2.42. The van der Waals surface area contributed by atoms with Gasteiger partial charge in [0.15, 0.2) is 0 Å². The molecule has 2 aliphatic carbocycles. The molecule has 3 fully saturated rings. The largest absolute Gasteiger partial charge is 0.331 e. The van der Waals surface area contributed by atoms with Crippen molar-refractivity contribution in [3.05, 3.63) is 18.2 Å². The number of fused-ring (bicyclic) bond motifs is 2. The maximum atomic E-state index is 4.49. The van der Waals surface area contributed by atoms with Crippen LogP contribution >= 0.6 is 0 Å². The first-order valence-electron chi connectivity index (χ1n) is 8.55. The summed E-state index contributed by atoms with van der Waals surface area (Å²) >= 11 is 0. The molecule has 2 saturated carbocycles. The lowest BCUT2D eigenvalue weighted by Crippen LogP contribution is -2.31. The molecule has 0 aromatic carbocycles. The maximum absolute atomic E-state index is 4.49. The van der Waals surface area contributed by atoms with Crippen molar-refractivity contribution in [2.45, 2.75) is 57.4 Å². The van der Waals surface area contributed by atoms with Gasteiger partial charge in [-0.05, 0) is 63.3 Å². The average Bonchev–Trinajstić information content (AvgIpc) is 3.23. The van der Waals surface area contributed by atoms with Crippen LogP contribution in [0, 0.1) is 17.8 Å². The number of hydrogen-bond donors (Lipinski definition) is 1. The van der Waals surface area contributed by atoms with Crippen molar-refractivity contribution in [2.75, 3.05) is 13.1 Å². The van der Waals surface area contributed by atoms with Crippen LogP contribution in [-0.2, 0) is 0 Å². The molecular weight excluding hydrogens is 246 g/mol. The third-order valence-corrected chi connectivity index (χ3v) is 6.26. The lowest BCUT2D eigenvalue weighted by atomic mass is 9.83. The van der Waals surface area contributed by atoms with Crippen molar-refractivity contribution in [2.24, 2.45) is 17.8 Å². The minimum atomic E-state index is 0.643. The third kappa shape index (κ3) is 2.11. The predicted octanol–water partition coefficient (Wildman–Crippen LogP) is 3.35. The minimum absolute atomic E-state index is 0.643. The maximum Gasteiger partial charge on any atom is 0.0950 e. The van der Waals surface area contributed by atoms with Gasteiger partial charge in [-0.25, -0.2) is 4.98 Å². The molecule has 110 valence electrons. The third-order valence-electron chi connectivity index (χ3n) is 6.26. The normalized spacial score (nSPS) is 38.2. The van der Waals surface area contributed by atoms with Crippen molar-refractivity contribution >= 4 is 0 Å². The van der Waals surface area contributed by atoms with E-state index in [4.69, 9.17) is 0 Å². The summed E-state index contributed by atoms with van der Waals surface area (Å²) in [4.78, 5) is 4.49. The molecule has 3 heteroatoms. The van der Waals surface area contributed by atoms with Gasteiger partial charge in [0.2, 0.25) is 0 Å². The topological polar surface area (TPSA) is 29.9 Å². The summed E-state index contributed by atoms with van der Waals surface area (Å²) in [5.74, 6) is 3.61. The molecular formula is C17H27N3. The second-order valence-corrected chi connectivity index (χ2v) is 7.35. The molecule has 0 amide bonds. The van der Waals surface area contributed by atoms with Crippen molar-refractivity contribution in [3.8, 4) is 0 Å². The zero-order valence-electron chi connectivity index (χ0n) is 12.6. The molecule has 3 nitrogen and oxygen atoms in total. The molecule has 1 aromatic rings. The molecule has 5 unspecified atom stereocenters. The van der Waals surface area contributed by atoms with E-state index in [0.29, 0.717) is 12.0 Å². The van der Waals surface area contributed by atoms with Crippen LogP contribution in [-0.4, -0.2) is 22.6 Å². The lowest BCUT2D eigenvalue weighted by molar-refractivity contribution is 0.236. The minimum Gasteiger partial charge on any atom is -0.331 e. The summed E-state index contributed by atoms with van der Waals surface area (Å²) in [6.45, 7) is 4.76. The number of nitrogens with one attached hydrogen (secondary N) is 1. The van der Waals surface area contributed by atoms with E-state index in [-0.39, 0.29) is 0 Å². The first kappa shape index (κ1) is 12.9. The van der Waals surface area contributed by atoms with Gasteiger partial charge in [0.05, 0.1) is 6.33 Å². The quantitative estimate of drug-likeness (QED) is 0.915. The lowest BCUT2D eigenvalue weighted by Gasteiger charge is -2.32. The number of aromatic nitrogens is 2. The van der Waals surface area contributed by atoms with Crippen LogP contribution < -0.4 is 5.32 Å². The Labute approximate surface area is 122 Å². The smallest absolute Gasteiger partial charge is 0.0950 e. The molecule has 4 rings (SSSR count). The first-order chi connectivity index (χ1) is 9.83. The predicted molar refractivity (Wildman–Crippen MR) is 80.7 cm³/mol. The Morgan fingerprint density at radius 2 is 2.25 bits per heavy atom. The van der Waals surface area contributed by atoms with E-state index in [9.17, 15) is 0 Å². The highest BCUT2D eigenvalue weighted by atomic mass is 15.1. The van der Waals surface area contributed by atoms with Crippen molar-refractivity contribution in [3.63, 3.8) is 0 Å². The summed E-state index contributed by atoms with van der Waals surface area (Å²) in [6, 6.07) is 0.643. The molecule has 1 aliphatic heterocycles. The SMILES string of the molecule is CC(C1CC2CCC1C2)n1cncc1C1CCCNC1. The van der Waals surface area contributed by atoms with Crippen LogP contribution in [0.2, 0.25) is 0 Å². The van der Waals surface area contributed by atoms with Gasteiger partial charge in [-0.3, -0.25) is 0 Å². The Bertz CT molecular complexity index is 461. The zero-order valence-corrected chi connectivity index (χ0v) is 12.6. The number of nitrogens with zero attached hydrogens (tertiary/aromatic N) is 2. The highest BCUT2D eigenvalue weighted by Crippen LogP contribution is 2.52. The van der Waals surface area contributed by atoms with Crippen LogP contribution in [0.1, 0.15) is 63.1 Å². The molecule has 5 atom stereocenters. The van der Waals surface area contributed by atoms with Crippen LogP contribution in [0.25, 0.3) is 0 Å². The van der Waals surface area contributed by atoms with E-state index in [1.165, 1.54) is 50.8 Å². The molecule has 1 aromatic heterocycles. The van der Waals surface area contributed by atoms with E-state index >= 15 is 0 Å². The molecule has 0 radical (unpaired) electrons. The van der Waals surface area contributed by atoms with Gasteiger partial charge in [-0.1, -0.05) is 6.42 Å². The molecule has 2 bridgehead atoms. The Balaban J connectivity index is 1.54. The van der Waals surface area contributed by atoms with E-state index < -0.39 is 0 Å². The Kier molecular flexibility index (Phi) is 3.33. The molecule has 0 spiro atoms. The van der Waals surface area contributed by atoms with Gasteiger partial charge in [0.25, 0.3) is 0 Å². The molecule has 1 N–H and O–H groups in total. The van der Waals surface area contributed by atoms with E-state index in [1.807, 2.05) is 0 Å². The Morgan fingerprint density at radius 3 is 2.95 bits per heavy atom. The van der Waals surface area contributed by atoms with Crippen LogP contribution in [0.3, 0.4) is 0 Å². The van der Waals surface area contributed by atoms with Crippen LogP contribution in [0.15, 0.2) is 12.5 Å². The Morgan fingerprint density at radius 1 is 1.30 bits per heavy atom. The Hall–Kier alpha value is -0.830. The average molecular weight is 273 g/mol. The van der Waals surface area contributed by atoms with E-state index in [1.54, 1.807) is 0 Å². The number of piperidine rings is 1. The van der Waals surface area contributed by atoms with Crippen LogP contribution in [0.4, 0.5) is 0 Å². The van der Waals surface area contributed by atoms with E-state index in [0.717, 1.165) is 24.3 Å². The number of imidazole rings is 1. The van der Waals surface area contributed by atoms with Gasteiger partial charge in [-0.2, -0.15) is 0 Å². The summed E-state index contributed by atoms with van der Waals surface area (Å²) < 4.78 is 2.52. The summed E-state index contributed by atoms with van der Waals surface area (Å²) in [5, 5.41) is 3.54. The van der Waals surface area contributed by atoms with E-state index in [2.05, 4.69) is 34.3 Å². The molecule has 20 heavy (non-hydrogen) atoms. The number of rotatable bonds is 3. The fourth-order valence-corrected chi connectivity index (χ4v) is 5.17. The fraction of sp³-hybridized carbons (Fsp3) is 0.824. The molecule has 1 saturated heterocycles. The van der Waals surface area contributed by atoms with Gasteiger partial charge in [-0.15, -0.1) is 0 Å². The monoisotopic (exact) mass is 273 g/mol.